The highest BCUT2D eigenvalue weighted by atomic mass is 35.5. The molecule has 0 N–H and O–H groups in total. The van der Waals surface area contributed by atoms with Gasteiger partial charge in [0.15, 0.2) is 0 Å². The molecule has 1 aliphatic carbocycles. The van der Waals surface area contributed by atoms with Crippen LogP contribution in [0.5, 0.6) is 5.75 Å². The van der Waals surface area contributed by atoms with Crippen LogP contribution in [0, 0.1) is 17.3 Å². The van der Waals surface area contributed by atoms with Crippen LogP contribution in [0.4, 0.5) is 5.69 Å². The molecule has 0 saturated heterocycles. The first-order valence-corrected chi connectivity index (χ1v) is 13.1. The number of esters is 1. The third-order valence-electron chi connectivity index (χ3n) is 7.43. The van der Waals surface area contributed by atoms with E-state index in [1.54, 1.807) is 6.07 Å². The fourth-order valence-electron chi connectivity index (χ4n) is 4.92. The van der Waals surface area contributed by atoms with Gasteiger partial charge in [-0.25, -0.2) is 4.79 Å². The quantitative estimate of drug-likeness (QED) is 0.337. The second kappa shape index (κ2) is 11.0. The molecule has 0 unspecified atom stereocenters. The lowest BCUT2D eigenvalue weighted by molar-refractivity contribution is -0.123. The molecule has 4 rings (SSSR count). The minimum Gasteiger partial charge on any atom is -0.487 e. The predicted molar refractivity (Wildman–Crippen MR) is 139 cm³/mol. The molecule has 2 aromatic rings. The van der Waals surface area contributed by atoms with E-state index in [0.717, 1.165) is 73.5 Å². The van der Waals surface area contributed by atoms with Crippen molar-refractivity contribution in [3.63, 3.8) is 0 Å². The lowest BCUT2D eigenvalue weighted by Gasteiger charge is -2.46. The number of nitrogens with zero attached hydrogens (tertiary/aromatic N) is 1. The summed E-state index contributed by atoms with van der Waals surface area (Å²) in [4.78, 5) is 26.9. The normalized spacial score (nSPS) is 22.2. The summed E-state index contributed by atoms with van der Waals surface area (Å²) in [5, 5.41) is 0.739. The zero-order chi connectivity index (χ0) is 25.0. The Kier molecular flexibility index (Phi) is 8.05. The molecule has 1 fully saturated rings. The Hall–Kier alpha value is -2.53. The van der Waals surface area contributed by atoms with Gasteiger partial charge in [0.05, 0.1) is 17.9 Å². The van der Waals surface area contributed by atoms with Gasteiger partial charge >= 0.3 is 5.97 Å². The van der Waals surface area contributed by atoms with Gasteiger partial charge in [0, 0.05) is 23.5 Å². The summed E-state index contributed by atoms with van der Waals surface area (Å²) in [6, 6.07) is 11.5. The monoisotopic (exact) mass is 497 g/mol. The SMILES string of the molecule is CC(C)COC(=O)c1ccc2c(c1)N(C[C@@H]1CC[C@@]1(C)C=O)CCCCc1cc(Cl)ccc1CO2. The minimum absolute atomic E-state index is 0.271. The van der Waals surface area contributed by atoms with Gasteiger partial charge in [0.1, 0.15) is 18.6 Å². The molecule has 2 atom stereocenters. The number of carbonyl (C=O) groups is 2. The fourth-order valence-corrected chi connectivity index (χ4v) is 5.11. The molecule has 0 radical (unpaired) electrons. The molecule has 0 bridgehead atoms. The molecule has 5 nitrogen and oxygen atoms in total. The van der Waals surface area contributed by atoms with Crippen molar-refractivity contribution in [3.8, 4) is 5.75 Å². The molecule has 0 spiro atoms. The molecular formula is C29H36ClNO4. The van der Waals surface area contributed by atoms with Crippen molar-refractivity contribution in [2.24, 2.45) is 17.3 Å². The molecule has 6 heteroatoms. The second-order valence-corrected chi connectivity index (χ2v) is 11.1. The van der Waals surface area contributed by atoms with Gasteiger partial charge in [-0.2, -0.15) is 0 Å². The van der Waals surface area contributed by atoms with E-state index >= 15 is 0 Å². The number of rotatable bonds is 6. The fraction of sp³-hybridized carbons (Fsp3) is 0.517. The van der Waals surface area contributed by atoms with E-state index in [9.17, 15) is 9.59 Å². The lowest BCUT2D eigenvalue weighted by Crippen LogP contribution is -2.46. The van der Waals surface area contributed by atoms with Crippen LogP contribution in [0.2, 0.25) is 5.02 Å². The molecule has 0 amide bonds. The van der Waals surface area contributed by atoms with Crippen LogP contribution < -0.4 is 9.64 Å². The molecule has 35 heavy (non-hydrogen) atoms. The number of aldehydes is 1. The van der Waals surface area contributed by atoms with Crippen LogP contribution in [0.15, 0.2) is 36.4 Å². The van der Waals surface area contributed by atoms with Crippen LogP contribution in [-0.4, -0.2) is 32.0 Å². The predicted octanol–water partition coefficient (Wildman–Crippen LogP) is 6.49. The Balaban J connectivity index is 1.66. The maximum atomic E-state index is 12.8. The first kappa shape index (κ1) is 25.6. The number of halogens is 1. The summed E-state index contributed by atoms with van der Waals surface area (Å²) in [6.07, 6.45) is 6.01. The van der Waals surface area contributed by atoms with Crippen molar-refractivity contribution in [2.75, 3.05) is 24.6 Å². The summed E-state index contributed by atoms with van der Waals surface area (Å²) in [6.45, 7) is 8.49. The highest BCUT2D eigenvalue weighted by Crippen LogP contribution is 2.46. The van der Waals surface area contributed by atoms with E-state index < -0.39 is 0 Å². The topological polar surface area (TPSA) is 55.8 Å². The second-order valence-electron chi connectivity index (χ2n) is 10.6. The van der Waals surface area contributed by atoms with Crippen molar-refractivity contribution in [2.45, 2.75) is 59.5 Å². The number of ether oxygens (including phenoxy) is 2. The number of anilines is 1. The van der Waals surface area contributed by atoms with E-state index in [4.69, 9.17) is 21.1 Å². The lowest BCUT2D eigenvalue weighted by atomic mass is 9.62. The van der Waals surface area contributed by atoms with Crippen LogP contribution in [0.25, 0.3) is 0 Å². The average molecular weight is 498 g/mol. The Labute approximate surface area is 213 Å². The van der Waals surface area contributed by atoms with Gasteiger partial charge in [0.25, 0.3) is 0 Å². The summed E-state index contributed by atoms with van der Waals surface area (Å²) in [7, 11) is 0. The van der Waals surface area contributed by atoms with Gasteiger partial charge < -0.3 is 19.2 Å². The van der Waals surface area contributed by atoms with E-state index in [-0.39, 0.29) is 23.2 Å². The van der Waals surface area contributed by atoms with Crippen molar-refractivity contribution in [3.05, 3.63) is 58.1 Å². The van der Waals surface area contributed by atoms with Crippen molar-refractivity contribution < 1.29 is 19.1 Å². The Morgan fingerprint density at radius 2 is 2.06 bits per heavy atom. The largest absolute Gasteiger partial charge is 0.487 e. The van der Waals surface area contributed by atoms with E-state index in [1.165, 1.54) is 5.56 Å². The van der Waals surface area contributed by atoms with Crippen molar-refractivity contribution in [1.29, 1.82) is 0 Å². The van der Waals surface area contributed by atoms with Gasteiger partial charge in [-0.3, -0.25) is 0 Å². The molecule has 1 saturated carbocycles. The third kappa shape index (κ3) is 6.00. The van der Waals surface area contributed by atoms with Gasteiger partial charge in [-0.05, 0) is 85.4 Å². The molecule has 188 valence electrons. The zero-order valence-electron chi connectivity index (χ0n) is 21.0. The number of hydrogen-bond acceptors (Lipinski definition) is 5. The molecule has 1 aliphatic heterocycles. The summed E-state index contributed by atoms with van der Waals surface area (Å²) in [5.74, 6) is 0.968. The van der Waals surface area contributed by atoms with E-state index in [2.05, 4.69) is 11.8 Å². The first-order valence-electron chi connectivity index (χ1n) is 12.7. The molecule has 0 aromatic heterocycles. The summed E-state index contributed by atoms with van der Waals surface area (Å²) in [5.41, 5.74) is 3.47. The number of hydrogen-bond donors (Lipinski definition) is 0. The van der Waals surface area contributed by atoms with Gasteiger partial charge in [-0.1, -0.05) is 38.4 Å². The number of aryl methyl sites for hydroxylation is 1. The van der Waals surface area contributed by atoms with Crippen molar-refractivity contribution >= 4 is 29.5 Å². The van der Waals surface area contributed by atoms with E-state index in [1.807, 2.05) is 44.2 Å². The maximum Gasteiger partial charge on any atom is 0.338 e. The first-order chi connectivity index (χ1) is 16.8. The highest BCUT2D eigenvalue weighted by Gasteiger charge is 2.43. The maximum absolute atomic E-state index is 12.8. The Bertz CT molecular complexity index is 1070. The van der Waals surface area contributed by atoms with Gasteiger partial charge in [-0.15, -0.1) is 0 Å². The Morgan fingerprint density at radius 1 is 1.23 bits per heavy atom. The molecule has 2 aliphatic rings. The van der Waals surface area contributed by atoms with Gasteiger partial charge in [0.2, 0.25) is 0 Å². The summed E-state index contributed by atoms with van der Waals surface area (Å²) < 4.78 is 11.9. The molecular weight excluding hydrogens is 462 g/mol. The zero-order valence-corrected chi connectivity index (χ0v) is 21.8. The average Bonchev–Trinajstić information content (AvgIpc) is 2.87. The summed E-state index contributed by atoms with van der Waals surface area (Å²) >= 11 is 6.27. The minimum atomic E-state index is -0.322. The molecule has 2 aromatic carbocycles. The third-order valence-corrected chi connectivity index (χ3v) is 7.67. The number of fused-ring (bicyclic) bond motifs is 2. The number of carbonyl (C=O) groups excluding carboxylic acids is 2. The van der Waals surface area contributed by atoms with Crippen LogP contribution in [-0.2, 0) is 22.6 Å². The number of benzene rings is 2. The standard InChI is InChI=1S/C29H36ClNO4/c1-20(2)17-35-28(33)22-8-10-27-26(15-22)31(16-24-11-12-29(24,3)19-32)13-5-4-6-21-14-25(30)9-7-23(21)18-34-27/h7-10,14-15,19-20,24H,4-6,11-13,16-18H2,1-3H3/t24-,29-/m0/s1. The van der Waals surface area contributed by atoms with Crippen LogP contribution in [0.1, 0.15) is 67.9 Å². The smallest absolute Gasteiger partial charge is 0.338 e. The highest BCUT2D eigenvalue weighted by molar-refractivity contribution is 6.30. The van der Waals surface area contributed by atoms with Crippen LogP contribution in [0.3, 0.4) is 0 Å². The molecule has 1 heterocycles. The van der Waals surface area contributed by atoms with Crippen molar-refractivity contribution in [1.82, 2.24) is 0 Å². The van der Waals surface area contributed by atoms with E-state index in [0.29, 0.717) is 18.8 Å². The Morgan fingerprint density at radius 3 is 2.77 bits per heavy atom. The van der Waals surface area contributed by atoms with Crippen LogP contribution >= 0.6 is 11.6 Å².